The topological polar surface area (TPSA) is 37.8 Å². The quantitative estimate of drug-likeness (QED) is 0.858. The molecule has 14 heavy (non-hydrogen) atoms. The van der Waals surface area contributed by atoms with E-state index in [0.29, 0.717) is 5.95 Å². The van der Waals surface area contributed by atoms with E-state index in [4.69, 9.17) is 0 Å². The molecule has 3 nitrogen and oxygen atoms in total. The lowest BCUT2D eigenvalue weighted by Crippen LogP contribution is -2.23. The minimum atomic E-state index is -0.949. The van der Waals surface area contributed by atoms with Crippen molar-refractivity contribution in [3.63, 3.8) is 0 Å². The number of aromatic nitrogens is 2. The van der Waals surface area contributed by atoms with Gasteiger partial charge in [0, 0.05) is 27.0 Å². The standard InChI is InChI=1S/C9H16BrN3Si/c1-14(2,3)5-4-11-9-12-6-8(10)7-13-9/h6-7H,4-5H2,1-3H3,(H,11,12,13). The minimum Gasteiger partial charge on any atom is -0.355 e. The molecular formula is C9H16BrN3Si. The summed E-state index contributed by atoms with van der Waals surface area (Å²) in [5.41, 5.74) is 0. The molecule has 0 saturated carbocycles. The lowest BCUT2D eigenvalue weighted by molar-refractivity contribution is 1.06. The van der Waals surface area contributed by atoms with Crippen molar-refractivity contribution in [3.8, 4) is 0 Å². The van der Waals surface area contributed by atoms with Crippen molar-refractivity contribution in [2.75, 3.05) is 11.9 Å². The molecule has 0 amide bonds. The van der Waals surface area contributed by atoms with Crippen molar-refractivity contribution in [1.82, 2.24) is 9.97 Å². The molecule has 0 aliphatic carbocycles. The number of nitrogens with zero attached hydrogens (tertiary/aromatic N) is 2. The molecule has 1 aromatic heterocycles. The summed E-state index contributed by atoms with van der Waals surface area (Å²) in [5.74, 6) is 0.714. The first-order valence-electron chi connectivity index (χ1n) is 4.69. The number of anilines is 1. The van der Waals surface area contributed by atoms with Crippen LogP contribution in [0.5, 0.6) is 0 Å². The van der Waals surface area contributed by atoms with Crippen molar-refractivity contribution in [2.24, 2.45) is 0 Å². The molecule has 0 aromatic carbocycles. The third-order valence-corrected chi connectivity index (χ3v) is 3.94. The van der Waals surface area contributed by atoms with Crippen LogP contribution < -0.4 is 5.32 Å². The number of rotatable bonds is 4. The zero-order valence-electron chi connectivity index (χ0n) is 8.84. The average molecular weight is 274 g/mol. The van der Waals surface area contributed by atoms with Crippen LogP contribution in [0.3, 0.4) is 0 Å². The number of nitrogens with one attached hydrogen (secondary N) is 1. The van der Waals surface area contributed by atoms with Crippen LogP contribution >= 0.6 is 15.9 Å². The molecule has 0 bridgehead atoms. The second-order valence-electron chi connectivity index (χ2n) is 4.46. The van der Waals surface area contributed by atoms with Crippen LogP contribution in [0.1, 0.15) is 0 Å². The minimum absolute atomic E-state index is 0.714. The molecule has 0 fully saturated rings. The molecular weight excluding hydrogens is 258 g/mol. The van der Waals surface area contributed by atoms with Crippen molar-refractivity contribution in [1.29, 1.82) is 0 Å². The van der Waals surface area contributed by atoms with Gasteiger partial charge < -0.3 is 5.32 Å². The van der Waals surface area contributed by atoms with E-state index in [9.17, 15) is 0 Å². The predicted molar refractivity (Wildman–Crippen MR) is 66.4 cm³/mol. The molecule has 1 aromatic rings. The van der Waals surface area contributed by atoms with Gasteiger partial charge in [0.2, 0.25) is 5.95 Å². The maximum absolute atomic E-state index is 4.14. The first-order valence-corrected chi connectivity index (χ1v) is 9.19. The summed E-state index contributed by atoms with van der Waals surface area (Å²) in [6, 6.07) is 1.24. The number of hydrogen-bond acceptors (Lipinski definition) is 3. The Morgan fingerprint density at radius 1 is 1.29 bits per heavy atom. The van der Waals surface area contributed by atoms with E-state index in [-0.39, 0.29) is 0 Å². The molecule has 0 saturated heterocycles. The maximum Gasteiger partial charge on any atom is 0.222 e. The van der Waals surface area contributed by atoms with E-state index < -0.39 is 8.07 Å². The van der Waals surface area contributed by atoms with E-state index in [1.165, 1.54) is 6.04 Å². The van der Waals surface area contributed by atoms with Gasteiger partial charge in [0.05, 0.1) is 4.47 Å². The second-order valence-corrected chi connectivity index (χ2v) is 11.0. The highest BCUT2D eigenvalue weighted by Gasteiger charge is 2.11. The van der Waals surface area contributed by atoms with Gasteiger partial charge in [0.25, 0.3) is 0 Å². The highest BCUT2D eigenvalue weighted by Crippen LogP contribution is 2.09. The molecule has 0 unspecified atom stereocenters. The molecule has 0 atom stereocenters. The van der Waals surface area contributed by atoms with Crippen LogP contribution in [-0.2, 0) is 0 Å². The van der Waals surface area contributed by atoms with Gasteiger partial charge in [-0.2, -0.15) is 0 Å². The summed E-state index contributed by atoms with van der Waals surface area (Å²) in [4.78, 5) is 8.29. The Hall–Kier alpha value is -0.423. The van der Waals surface area contributed by atoms with E-state index in [0.717, 1.165) is 11.0 Å². The van der Waals surface area contributed by atoms with Crippen LogP contribution in [0.25, 0.3) is 0 Å². The van der Waals surface area contributed by atoms with Gasteiger partial charge in [0.1, 0.15) is 0 Å². The van der Waals surface area contributed by atoms with Gasteiger partial charge in [-0.25, -0.2) is 9.97 Å². The molecule has 1 rings (SSSR count). The average Bonchev–Trinajstić information content (AvgIpc) is 2.06. The summed E-state index contributed by atoms with van der Waals surface area (Å²) in [6.45, 7) is 8.04. The fourth-order valence-corrected chi connectivity index (χ4v) is 2.03. The van der Waals surface area contributed by atoms with Crippen molar-refractivity contribution < 1.29 is 0 Å². The van der Waals surface area contributed by atoms with Gasteiger partial charge in [-0.05, 0) is 22.0 Å². The molecule has 1 heterocycles. The van der Waals surface area contributed by atoms with Crippen LogP contribution in [0.2, 0.25) is 25.7 Å². The van der Waals surface area contributed by atoms with Crippen molar-refractivity contribution in [3.05, 3.63) is 16.9 Å². The van der Waals surface area contributed by atoms with E-state index in [2.05, 4.69) is 50.9 Å². The molecule has 1 N–H and O–H groups in total. The van der Waals surface area contributed by atoms with Crippen LogP contribution in [0.15, 0.2) is 16.9 Å². The monoisotopic (exact) mass is 273 g/mol. The summed E-state index contributed by atoms with van der Waals surface area (Å²) in [5, 5.41) is 3.22. The molecule has 78 valence electrons. The van der Waals surface area contributed by atoms with Gasteiger partial charge in [-0.15, -0.1) is 0 Å². The highest BCUT2D eigenvalue weighted by atomic mass is 79.9. The fraction of sp³-hybridized carbons (Fsp3) is 0.556. The third kappa shape index (κ3) is 4.71. The number of hydrogen-bond donors (Lipinski definition) is 1. The number of halogens is 1. The largest absolute Gasteiger partial charge is 0.355 e. The Morgan fingerprint density at radius 3 is 2.36 bits per heavy atom. The zero-order chi connectivity index (χ0) is 10.6. The lowest BCUT2D eigenvalue weighted by atomic mass is 10.6. The Balaban J connectivity index is 2.35. The zero-order valence-corrected chi connectivity index (χ0v) is 11.4. The molecule has 5 heteroatoms. The van der Waals surface area contributed by atoms with Crippen molar-refractivity contribution >= 4 is 30.0 Å². The van der Waals surface area contributed by atoms with Crippen LogP contribution in [0.4, 0.5) is 5.95 Å². The Kier molecular flexibility index (Phi) is 4.06. The van der Waals surface area contributed by atoms with Gasteiger partial charge >= 0.3 is 0 Å². The Morgan fingerprint density at radius 2 is 1.86 bits per heavy atom. The van der Waals surface area contributed by atoms with Crippen molar-refractivity contribution in [2.45, 2.75) is 25.7 Å². The first kappa shape index (κ1) is 11.7. The smallest absolute Gasteiger partial charge is 0.222 e. The van der Waals surface area contributed by atoms with Gasteiger partial charge in [-0.3, -0.25) is 0 Å². The molecule has 0 aliphatic rings. The van der Waals surface area contributed by atoms with E-state index in [1.807, 2.05) is 0 Å². The molecule has 0 radical (unpaired) electrons. The fourth-order valence-electron chi connectivity index (χ4n) is 0.953. The van der Waals surface area contributed by atoms with Gasteiger partial charge in [-0.1, -0.05) is 19.6 Å². The Labute approximate surface area is 94.5 Å². The van der Waals surface area contributed by atoms with Crippen LogP contribution in [0, 0.1) is 0 Å². The van der Waals surface area contributed by atoms with Gasteiger partial charge in [0.15, 0.2) is 0 Å². The maximum atomic E-state index is 4.14. The summed E-state index contributed by atoms with van der Waals surface area (Å²) in [6.07, 6.45) is 3.51. The van der Waals surface area contributed by atoms with E-state index in [1.54, 1.807) is 12.4 Å². The first-order chi connectivity index (χ1) is 6.47. The van der Waals surface area contributed by atoms with Crippen LogP contribution in [-0.4, -0.2) is 24.6 Å². The second kappa shape index (κ2) is 4.88. The van der Waals surface area contributed by atoms with E-state index >= 15 is 0 Å². The summed E-state index contributed by atoms with van der Waals surface area (Å²) >= 11 is 3.30. The Bertz CT molecular complexity index is 281. The molecule has 0 spiro atoms. The SMILES string of the molecule is C[Si](C)(C)CCNc1ncc(Br)cn1. The molecule has 0 aliphatic heterocycles. The third-order valence-electron chi connectivity index (χ3n) is 1.78. The summed E-state index contributed by atoms with van der Waals surface area (Å²) in [7, 11) is -0.949. The predicted octanol–water partition coefficient (Wildman–Crippen LogP) is 2.99. The lowest BCUT2D eigenvalue weighted by Gasteiger charge is -2.15. The summed E-state index contributed by atoms with van der Waals surface area (Å²) < 4.78 is 0.910. The highest BCUT2D eigenvalue weighted by molar-refractivity contribution is 9.10. The normalized spacial score (nSPS) is 11.4.